The Morgan fingerprint density at radius 2 is 1.82 bits per heavy atom. The van der Waals surface area contributed by atoms with Crippen molar-refractivity contribution in [3.05, 3.63) is 33.0 Å². The summed E-state index contributed by atoms with van der Waals surface area (Å²) in [6, 6.07) is 0. The first-order chi connectivity index (χ1) is 5.04. The van der Waals surface area contributed by atoms with Crippen molar-refractivity contribution in [3.63, 3.8) is 0 Å². The number of hydrazine groups is 3. The highest BCUT2D eigenvalue weighted by atomic mass is 16.7. The Kier molecular flexibility index (Phi) is 9.00. The minimum absolute atomic E-state index is 0.611. The largest absolute Gasteiger partial charge is 0.259 e. The summed E-state index contributed by atoms with van der Waals surface area (Å²) in [5, 5.41) is 17.4. The third-order valence-electron chi connectivity index (χ3n) is 0.305. The van der Waals surface area contributed by atoms with Gasteiger partial charge in [-0.3, -0.25) is 10.1 Å². The quantitative estimate of drug-likeness (QED) is 0.264. The molecule has 0 rings (SSSR count). The van der Waals surface area contributed by atoms with Crippen molar-refractivity contribution in [1.29, 1.82) is 0 Å². The highest BCUT2D eigenvalue weighted by Crippen LogP contribution is 1.58. The van der Waals surface area contributed by atoms with Crippen molar-refractivity contribution in [2.24, 2.45) is 5.84 Å². The zero-order valence-corrected chi connectivity index (χ0v) is 5.39. The Morgan fingerprint density at radius 1 is 1.45 bits per heavy atom. The molecule has 4 N–H and O–H groups in total. The molecule has 0 aliphatic heterocycles. The number of nitrogens with one attached hydrogen (secondary N) is 2. The molecule has 9 heteroatoms. The molecule has 11 heavy (non-hydrogen) atoms. The molecule has 0 aromatic heterocycles. The lowest BCUT2D eigenvalue weighted by atomic mass is 11.1. The van der Waals surface area contributed by atoms with Gasteiger partial charge in [0.1, 0.15) is 0 Å². The van der Waals surface area contributed by atoms with E-state index < -0.39 is 9.96 Å². The van der Waals surface area contributed by atoms with E-state index in [0.29, 0.717) is 6.20 Å². The zero-order chi connectivity index (χ0) is 9.28. The van der Waals surface area contributed by atoms with Crippen LogP contribution in [0.25, 0.3) is 0 Å². The van der Waals surface area contributed by atoms with Gasteiger partial charge in [0.2, 0.25) is 6.20 Å². The minimum atomic E-state index is -0.806. The summed E-state index contributed by atoms with van der Waals surface area (Å²) in [6.45, 7) is 2.86. The van der Waals surface area contributed by atoms with Gasteiger partial charge < -0.3 is 0 Å². The van der Waals surface area contributed by atoms with Crippen LogP contribution in [0.5, 0.6) is 0 Å². The SMILES string of the molecule is C=C[N+](=O)[O-].NNN[N+](=O)[O-]. The maximum absolute atomic E-state index is 9.15. The maximum Gasteiger partial charge on any atom is 0.227 e. The van der Waals surface area contributed by atoms with Gasteiger partial charge in [-0.1, -0.05) is 5.53 Å². The topological polar surface area (TPSA) is 136 Å². The first-order valence-corrected chi connectivity index (χ1v) is 2.16. The number of nitrogens with two attached hydrogens (primary N) is 1. The van der Waals surface area contributed by atoms with Crippen molar-refractivity contribution in [2.45, 2.75) is 0 Å². The standard InChI is InChI=1S/C2H3NO2.H4N4O2/c1-2-3(4)5;1-2-3-4(5)6/h2H,1H2;2-3H,1H2. The molecule has 0 aliphatic rings. The van der Waals surface area contributed by atoms with E-state index in [0.717, 1.165) is 0 Å². The Hall–Kier alpha value is -1.74. The van der Waals surface area contributed by atoms with Gasteiger partial charge in [-0.05, 0) is 6.58 Å². The normalized spacial score (nSPS) is 7.00. The van der Waals surface area contributed by atoms with E-state index in [4.69, 9.17) is 20.2 Å². The minimum Gasteiger partial charge on any atom is -0.259 e. The molecule has 64 valence electrons. The zero-order valence-electron chi connectivity index (χ0n) is 5.39. The molecule has 0 aromatic rings. The van der Waals surface area contributed by atoms with E-state index in [9.17, 15) is 0 Å². The third-order valence-corrected chi connectivity index (χ3v) is 0.305. The summed E-state index contributed by atoms with van der Waals surface area (Å²) in [4.78, 5) is 17.6. The Labute approximate surface area is 61.1 Å². The van der Waals surface area contributed by atoms with Crippen LogP contribution in [-0.4, -0.2) is 9.96 Å². The van der Waals surface area contributed by atoms with E-state index in [1.165, 1.54) is 5.53 Å². The lowest BCUT2D eigenvalue weighted by molar-refractivity contribution is -0.555. The molecule has 0 amide bonds. The lowest BCUT2D eigenvalue weighted by Crippen LogP contribution is -2.41. The van der Waals surface area contributed by atoms with Crippen molar-refractivity contribution in [2.75, 3.05) is 0 Å². The summed E-state index contributed by atoms with van der Waals surface area (Å²) in [5.74, 6) is 4.43. The molecular weight excluding hydrogens is 158 g/mol. The van der Waals surface area contributed by atoms with Crippen LogP contribution >= 0.6 is 0 Å². The molecule has 0 fully saturated rings. The average Bonchev–Trinajstić information content (AvgIpc) is 1.89. The second-order valence-corrected chi connectivity index (χ2v) is 0.981. The van der Waals surface area contributed by atoms with Crippen molar-refractivity contribution >= 4 is 0 Å². The van der Waals surface area contributed by atoms with Crippen molar-refractivity contribution in [3.8, 4) is 0 Å². The molecule has 0 heterocycles. The number of hydrogen-bond donors (Lipinski definition) is 3. The third kappa shape index (κ3) is 30.5. The number of hydrogen-bond acceptors (Lipinski definition) is 6. The van der Waals surface area contributed by atoms with Gasteiger partial charge in [0.05, 0.1) is 4.92 Å². The number of nitrogens with zero attached hydrogens (tertiary/aromatic N) is 2. The van der Waals surface area contributed by atoms with Gasteiger partial charge in [-0.25, -0.2) is 16.0 Å². The Bertz CT molecular complexity index is 145. The predicted octanol–water partition coefficient (Wildman–Crippen LogP) is -1.45. The van der Waals surface area contributed by atoms with Gasteiger partial charge in [0, 0.05) is 0 Å². The van der Waals surface area contributed by atoms with Crippen LogP contribution in [-0.2, 0) is 0 Å². The van der Waals surface area contributed by atoms with Gasteiger partial charge >= 0.3 is 0 Å². The fourth-order valence-corrected chi connectivity index (χ4v) is 0.0527. The van der Waals surface area contributed by atoms with Gasteiger partial charge in [0.25, 0.3) is 0 Å². The smallest absolute Gasteiger partial charge is 0.227 e. The van der Waals surface area contributed by atoms with Crippen LogP contribution in [0.3, 0.4) is 0 Å². The van der Waals surface area contributed by atoms with E-state index in [1.807, 2.05) is 0 Å². The average molecular weight is 165 g/mol. The monoisotopic (exact) mass is 165 g/mol. The molecular formula is C2H7N5O4. The van der Waals surface area contributed by atoms with Crippen LogP contribution in [0.15, 0.2) is 12.8 Å². The van der Waals surface area contributed by atoms with Gasteiger partial charge in [-0.15, -0.1) is 5.53 Å². The lowest BCUT2D eigenvalue weighted by Gasteiger charge is -1.85. The molecule has 0 atom stereocenters. The summed E-state index contributed by atoms with van der Waals surface area (Å²) in [7, 11) is 0. The second-order valence-electron chi connectivity index (χ2n) is 0.981. The molecule has 0 unspecified atom stereocenters. The van der Waals surface area contributed by atoms with Crippen molar-refractivity contribution in [1.82, 2.24) is 11.1 Å². The maximum atomic E-state index is 9.15. The van der Waals surface area contributed by atoms with E-state index in [1.54, 1.807) is 5.53 Å². The fraction of sp³-hybridized carbons (Fsp3) is 0. The highest BCUT2D eigenvalue weighted by molar-refractivity contribution is 4.43. The first-order valence-electron chi connectivity index (χ1n) is 2.16. The van der Waals surface area contributed by atoms with Crippen LogP contribution in [0.4, 0.5) is 0 Å². The van der Waals surface area contributed by atoms with Crippen molar-refractivity contribution < 1.29 is 9.96 Å². The number of nitro groups is 2. The van der Waals surface area contributed by atoms with Gasteiger partial charge in [-0.2, -0.15) is 0 Å². The molecule has 0 aromatic carbocycles. The molecule has 9 nitrogen and oxygen atoms in total. The van der Waals surface area contributed by atoms with E-state index >= 15 is 0 Å². The van der Waals surface area contributed by atoms with Gasteiger partial charge in [0.15, 0.2) is 5.03 Å². The summed E-state index contributed by atoms with van der Waals surface area (Å²) >= 11 is 0. The molecule has 0 bridgehead atoms. The van der Waals surface area contributed by atoms with Crippen LogP contribution in [0.1, 0.15) is 0 Å². The van der Waals surface area contributed by atoms with Crippen LogP contribution < -0.4 is 16.9 Å². The first kappa shape index (κ1) is 12.0. The molecule has 0 radical (unpaired) electrons. The molecule has 0 saturated carbocycles. The predicted molar refractivity (Wildman–Crippen MR) is 34.6 cm³/mol. The summed E-state index contributed by atoms with van der Waals surface area (Å²) in [5.41, 5.74) is 3.08. The summed E-state index contributed by atoms with van der Waals surface area (Å²) < 4.78 is 0. The van der Waals surface area contributed by atoms with Crippen LogP contribution in [0.2, 0.25) is 0 Å². The highest BCUT2D eigenvalue weighted by Gasteiger charge is 1.79. The Balaban J connectivity index is 0. The number of rotatable bonds is 3. The van der Waals surface area contributed by atoms with E-state index in [-0.39, 0.29) is 0 Å². The second kappa shape index (κ2) is 8.26. The molecule has 0 aliphatic carbocycles. The molecule has 0 spiro atoms. The fourth-order valence-electron chi connectivity index (χ4n) is 0.0527. The molecule has 0 saturated heterocycles. The summed E-state index contributed by atoms with van der Waals surface area (Å²) in [6.07, 6.45) is 0.639. The Morgan fingerprint density at radius 3 is 1.82 bits per heavy atom. The van der Waals surface area contributed by atoms with Crippen LogP contribution in [0, 0.1) is 20.2 Å². The van der Waals surface area contributed by atoms with E-state index in [2.05, 4.69) is 12.4 Å².